The second kappa shape index (κ2) is 4.30. The van der Waals surface area contributed by atoms with E-state index in [4.69, 9.17) is 9.84 Å². The summed E-state index contributed by atoms with van der Waals surface area (Å²) >= 11 is 0. The van der Waals surface area contributed by atoms with Crippen LogP contribution in [0.4, 0.5) is 4.79 Å². The number of hydrogen-bond acceptors (Lipinski definition) is 3. The molecule has 0 aliphatic heterocycles. The molecule has 0 aromatic heterocycles. The SMILES string of the molecule is CCOC(=O)NC1(CC(=O)O)CCC1. The monoisotopic (exact) mass is 201 g/mol. The summed E-state index contributed by atoms with van der Waals surface area (Å²) in [6.45, 7) is 2.01. The number of carbonyl (C=O) groups is 2. The van der Waals surface area contributed by atoms with Gasteiger partial charge in [0, 0.05) is 0 Å². The minimum absolute atomic E-state index is 0.0220. The minimum atomic E-state index is -0.888. The topological polar surface area (TPSA) is 75.6 Å². The molecule has 0 saturated heterocycles. The van der Waals surface area contributed by atoms with Gasteiger partial charge in [0.15, 0.2) is 0 Å². The van der Waals surface area contributed by atoms with Crippen molar-refractivity contribution < 1.29 is 19.4 Å². The van der Waals surface area contributed by atoms with E-state index in [9.17, 15) is 9.59 Å². The summed E-state index contributed by atoms with van der Waals surface area (Å²) in [5.41, 5.74) is -0.557. The second-order valence-corrected chi connectivity index (χ2v) is 3.55. The van der Waals surface area contributed by atoms with Crippen LogP contribution in [0, 0.1) is 0 Å². The van der Waals surface area contributed by atoms with Gasteiger partial charge in [0.2, 0.25) is 0 Å². The van der Waals surface area contributed by atoms with E-state index in [-0.39, 0.29) is 6.42 Å². The van der Waals surface area contributed by atoms with Crippen molar-refractivity contribution in [3.63, 3.8) is 0 Å². The largest absolute Gasteiger partial charge is 0.481 e. The number of alkyl carbamates (subject to hydrolysis) is 1. The lowest BCUT2D eigenvalue weighted by Gasteiger charge is -2.40. The van der Waals surface area contributed by atoms with Crippen LogP contribution in [0.5, 0.6) is 0 Å². The third kappa shape index (κ3) is 2.61. The van der Waals surface area contributed by atoms with E-state index in [2.05, 4.69) is 5.32 Å². The van der Waals surface area contributed by atoms with Gasteiger partial charge in [0.1, 0.15) is 0 Å². The summed E-state index contributed by atoms with van der Waals surface area (Å²) < 4.78 is 4.71. The first-order valence-electron chi connectivity index (χ1n) is 4.75. The van der Waals surface area contributed by atoms with Gasteiger partial charge in [-0.3, -0.25) is 4.79 Å². The van der Waals surface area contributed by atoms with Gasteiger partial charge >= 0.3 is 12.1 Å². The van der Waals surface area contributed by atoms with E-state index in [1.165, 1.54) is 0 Å². The molecule has 1 amide bonds. The molecule has 0 aromatic carbocycles. The average molecular weight is 201 g/mol. The van der Waals surface area contributed by atoms with Crippen molar-refractivity contribution in [3.05, 3.63) is 0 Å². The Morgan fingerprint density at radius 3 is 2.50 bits per heavy atom. The number of carboxylic acid groups (broad SMARTS) is 1. The lowest BCUT2D eigenvalue weighted by atomic mass is 9.74. The highest BCUT2D eigenvalue weighted by Gasteiger charge is 2.40. The molecule has 0 heterocycles. The van der Waals surface area contributed by atoms with Crippen molar-refractivity contribution >= 4 is 12.1 Å². The standard InChI is InChI=1S/C9H15NO4/c1-2-14-8(13)10-9(4-3-5-9)6-7(11)12/h2-6H2,1H3,(H,10,13)(H,11,12). The summed E-state index contributed by atoms with van der Waals surface area (Å²) in [7, 11) is 0. The molecule has 14 heavy (non-hydrogen) atoms. The van der Waals surface area contributed by atoms with Crippen LogP contribution in [0.1, 0.15) is 32.6 Å². The van der Waals surface area contributed by atoms with Gasteiger partial charge in [-0.2, -0.15) is 0 Å². The van der Waals surface area contributed by atoms with Gasteiger partial charge in [-0.25, -0.2) is 4.79 Å². The van der Waals surface area contributed by atoms with Crippen LogP contribution in [0.25, 0.3) is 0 Å². The number of amides is 1. The number of aliphatic carboxylic acids is 1. The van der Waals surface area contributed by atoms with Gasteiger partial charge in [-0.15, -0.1) is 0 Å². The molecule has 0 unspecified atom stereocenters. The first kappa shape index (κ1) is 10.8. The summed E-state index contributed by atoms with van der Waals surface area (Å²) in [6, 6.07) is 0. The molecule has 80 valence electrons. The van der Waals surface area contributed by atoms with E-state index in [1.54, 1.807) is 6.92 Å². The molecular weight excluding hydrogens is 186 g/mol. The zero-order valence-electron chi connectivity index (χ0n) is 8.21. The van der Waals surface area contributed by atoms with Gasteiger partial charge in [0.25, 0.3) is 0 Å². The highest BCUT2D eigenvalue weighted by molar-refractivity contribution is 5.73. The van der Waals surface area contributed by atoms with E-state index >= 15 is 0 Å². The fraction of sp³-hybridized carbons (Fsp3) is 0.778. The molecule has 1 aliphatic carbocycles. The maximum absolute atomic E-state index is 11.1. The highest BCUT2D eigenvalue weighted by atomic mass is 16.5. The fourth-order valence-corrected chi connectivity index (χ4v) is 1.62. The van der Waals surface area contributed by atoms with Crippen LogP contribution < -0.4 is 5.32 Å². The smallest absolute Gasteiger partial charge is 0.407 e. The summed E-state index contributed by atoms with van der Waals surface area (Å²) in [6.07, 6.45) is 1.86. The third-order valence-corrected chi connectivity index (χ3v) is 2.44. The van der Waals surface area contributed by atoms with Crippen molar-refractivity contribution in [2.45, 2.75) is 38.1 Å². The summed E-state index contributed by atoms with van der Waals surface area (Å²) in [5, 5.41) is 11.3. The number of carboxylic acids is 1. The third-order valence-electron chi connectivity index (χ3n) is 2.44. The molecule has 0 spiro atoms. The van der Waals surface area contributed by atoms with Crippen LogP contribution in [0.15, 0.2) is 0 Å². The van der Waals surface area contributed by atoms with Crippen LogP contribution >= 0.6 is 0 Å². The summed E-state index contributed by atoms with van der Waals surface area (Å²) in [4.78, 5) is 21.7. The van der Waals surface area contributed by atoms with Gasteiger partial charge in [-0.1, -0.05) is 0 Å². The normalized spacial score (nSPS) is 18.1. The molecular formula is C9H15NO4. The number of nitrogens with one attached hydrogen (secondary N) is 1. The Hall–Kier alpha value is -1.26. The summed E-state index contributed by atoms with van der Waals surface area (Å²) in [5.74, 6) is -0.888. The van der Waals surface area contributed by atoms with E-state index < -0.39 is 17.6 Å². The molecule has 5 nitrogen and oxygen atoms in total. The van der Waals surface area contributed by atoms with Crippen molar-refractivity contribution in [1.29, 1.82) is 0 Å². The lowest BCUT2D eigenvalue weighted by molar-refractivity contribution is -0.139. The maximum Gasteiger partial charge on any atom is 0.407 e. The Kier molecular flexibility index (Phi) is 3.33. The Morgan fingerprint density at radius 2 is 2.14 bits per heavy atom. The Labute approximate surface area is 82.4 Å². The molecule has 1 rings (SSSR count). The molecule has 0 radical (unpaired) electrons. The molecule has 0 aromatic rings. The second-order valence-electron chi connectivity index (χ2n) is 3.55. The van der Waals surface area contributed by atoms with Crippen LogP contribution in [0.3, 0.4) is 0 Å². The molecule has 0 atom stereocenters. The minimum Gasteiger partial charge on any atom is -0.481 e. The van der Waals surface area contributed by atoms with Gasteiger partial charge in [0.05, 0.1) is 18.6 Å². The molecule has 2 N–H and O–H groups in total. The predicted molar refractivity (Wildman–Crippen MR) is 49.0 cm³/mol. The lowest BCUT2D eigenvalue weighted by Crippen LogP contribution is -2.54. The van der Waals surface area contributed by atoms with E-state index in [0.717, 1.165) is 19.3 Å². The molecule has 1 fully saturated rings. The quantitative estimate of drug-likeness (QED) is 0.714. The Morgan fingerprint density at radius 1 is 1.50 bits per heavy atom. The number of carbonyl (C=O) groups excluding carboxylic acids is 1. The predicted octanol–water partition coefficient (Wildman–Crippen LogP) is 1.13. The van der Waals surface area contributed by atoms with Crippen molar-refractivity contribution in [2.24, 2.45) is 0 Å². The van der Waals surface area contributed by atoms with Crippen molar-refractivity contribution in [3.8, 4) is 0 Å². The highest BCUT2D eigenvalue weighted by Crippen LogP contribution is 2.34. The Balaban J connectivity index is 2.45. The molecule has 1 aliphatic rings. The number of rotatable bonds is 4. The zero-order chi connectivity index (χ0) is 10.6. The van der Waals surface area contributed by atoms with Crippen LogP contribution in [0.2, 0.25) is 0 Å². The first-order valence-corrected chi connectivity index (χ1v) is 4.75. The maximum atomic E-state index is 11.1. The zero-order valence-corrected chi connectivity index (χ0v) is 8.21. The average Bonchev–Trinajstić information content (AvgIpc) is 1.99. The number of hydrogen-bond donors (Lipinski definition) is 2. The number of ether oxygens (including phenoxy) is 1. The molecule has 0 bridgehead atoms. The van der Waals surface area contributed by atoms with E-state index in [1.807, 2.05) is 0 Å². The van der Waals surface area contributed by atoms with Gasteiger partial charge in [-0.05, 0) is 26.2 Å². The van der Waals surface area contributed by atoms with E-state index in [0.29, 0.717) is 6.61 Å². The van der Waals surface area contributed by atoms with Gasteiger partial charge < -0.3 is 15.2 Å². The van der Waals surface area contributed by atoms with Crippen LogP contribution in [-0.2, 0) is 9.53 Å². The molecule has 1 saturated carbocycles. The Bertz CT molecular complexity index is 235. The van der Waals surface area contributed by atoms with Crippen molar-refractivity contribution in [2.75, 3.05) is 6.61 Å². The molecule has 5 heteroatoms. The van der Waals surface area contributed by atoms with Crippen molar-refractivity contribution in [1.82, 2.24) is 5.32 Å². The fourth-order valence-electron chi connectivity index (χ4n) is 1.62. The van der Waals surface area contributed by atoms with Crippen LogP contribution in [-0.4, -0.2) is 29.3 Å². The first-order chi connectivity index (χ1) is 6.58.